The highest BCUT2D eigenvalue weighted by Gasteiger charge is 2.15. The first-order valence-corrected chi connectivity index (χ1v) is 7.00. The first kappa shape index (κ1) is 17.2. The van der Waals surface area contributed by atoms with Crippen LogP contribution in [0, 0.1) is 0 Å². The second-order valence-corrected chi connectivity index (χ2v) is 5.39. The molecule has 0 fully saturated rings. The summed E-state index contributed by atoms with van der Waals surface area (Å²) in [6.07, 6.45) is 1.06. The van der Waals surface area contributed by atoms with Crippen molar-refractivity contribution in [2.75, 3.05) is 25.0 Å². The number of rotatable bonds is 7. The smallest absolute Gasteiger partial charge is 0.407 e. The van der Waals surface area contributed by atoms with E-state index >= 15 is 0 Å². The highest BCUT2D eigenvalue weighted by atomic mass is 16.6. The average Bonchev–Trinajstić information content (AvgIpc) is 2.40. The summed E-state index contributed by atoms with van der Waals surface area (Å²) in [5.74, 6) is 0.700. The highest BCUT2D eigenvalue weighted by molar-refractivity contribution is 5.67. The number of ether oxygens (including phenoxy) is 2. The molecular formula is C14H24N4O3. The van der Waals surface area contributed by atoms with Crippen LogP contribution in [0.15, 0.2) is 12.4 Å². The summed E-state index contributed by atoms with van der Waals surface area (Å²) in [5, 5.41) is 5.77. The SMILES string of the molecule is CCOCc1cc(NCCNC(=O)OC(C)(C)C)ncn1. The van der Waals surface area contributed by atoms with Crippen LogP contribution in [-0.4, -0.2) is 41.4 Å². The lowest BCUT2D eigenvalue weighted by atomic mass is 10.2. The Morgan fingerprint density at radius 2 is 2.05 bits per heavy atom. The minimum atomic E-state index is -0.488. The zero-order chi connectivity index (χ0) is 15.7. The first-order chi connectivity index (χ1) is 9.90. The molecule has 1 heterocycles. The third-order valence-corrected chi connectivity index (χ3v) is 2.28. The van der Waals surface area contributed by atoms with E-state index in [-0.39, 0.29) is 0 Å². The van der Waals surface area contributed by atoms with Gasteiger partial charge < -0.3 is 20.1 Å². The van der Waals surface area contributed by atoms with E-state index in [1.54, 1.807) is 0 Å². The molecule has 1 aromatic heterocycles. The molecule has 0 spiro atoms. The molecular weight excluding hydrogens is 272 g/mol. The summed E-state index contributed by atoms with van der Waals surface area (Å²) in [4.78, 5) is 19.6. The quantitative estimate of drug-likeness (QED) is 0.748. The van der Waals surface area contributed by atoms with Crippen molar-refractivity contribution in [2.45, 2.75) is 39.9 Å². The maximum atomic E-state index is 11.4. The molecule has 0 bridgehead atoms. The molecule has 1 aromatic rings. The number of carbonyl (C=O) groups excluding carboxylic acids is 1. The van der Waals surface area contributed by atoms with Gasteiger partial charge in [-0.2, -0.15) is 0 Å². The summed E-state index contributed by atoms with van der Waals surface area (Å²) in [7, 11) is 0. The molecule has 0 radical (unpaired) electrons. The number of hydrogen-bond acceptors (Lipinski definition) is 6. The van der Waals surface area contributed by atoms with E-state index in [1.165, 1.54) is 6.33 Å². The molecule has 0 saturated heterocycles. The van der Waals surface area contributed by atoms with Gasteiger partial charge in [0.15, 0.2) is 0 Å². The van der Waals surface area contributed by atoms with Crippen LogP contribution < -0.4 is 10.6 Å². The average molecular weight is 296 g/mol. The molecule has 118 valence electrons. The lowest BCUT2D eigenvalue weighted by Gasteiger charge is -2.19. The van der Waals surface area contributed by atoms with Crippen LogP contribution in [0.4, 0.5) is 10.6 Å². The number of amides is 1. The maximum Gasteiger partial charge on any atom is 0.407 e. The van der Waals surface area contributed by atoms with Crippen molar-refractivity contribution in [3.63, 3.8) is 0 Å². The lowest BCUT2D eigenvalue weighted by molar-refractivity contribution is 0.0530. The van der Waals surface area contributed by atoms with Crippen molar-refractivity contribution in [3.05, 3.63) is 18.1 Å². The minimum absolute atomic E-state index is 0.427. The normalized spacial score (nSPS) is 11.0. The Labute approximate surface area is 125 Å². The first-order valence-electron chi connectivity index (χ1n) is 7.00. The third kappa shape index (κ3) is 8.09. The van der Waals surface area contributed by atoms with Gasteiger partial charge in [0.05, 0.1) is 12.3 Å². The van der Waals surface area contributed by atoms with Gasteiger partial charge in [-0.15, -0.1) is 0 Å². The molecule has 0 aliphatic heterocycles. The molecule has 7 nitrogen and oxygen atoms in total. The number of hydrogen-bond donors (Lipinski definition) is 2. The molecule has 0 aromatic carbocycles. The fourth-order valence-electron chi connectivity index (χ4n) is 1.45. The van der Waals surface area contributed by atoms with Gasteiger partial charge in [-0.25, -0.2) is 14.8 Å². The van der Waals surface area contributed by atoms with Gasteiger partial charge in [0.2, 0.25) is 0 Å². The molecule has 21 heavy (non-hydrogen) atoms. The van der Waals surface area contributed by atoms with Gasteiger partial charge >= 0.3 is 6.09 Å². The number of anilines is 1. The zero-order valence-corrected chi connectivity index (χ0v) is 13.1. The van der Waals surface area contributed by atoms with Gasteiger partial charge in [0.25, 0.3) is 0 Å². The monoisotopic (exact) mass is 296 g/mol. The van der Waals surface area contributed by atoms with Crippen molar-refractivity contribution in [2.24, 2.45) is 0 Å². The lowest BCUT2D eigenvalue weighted by Crippen LogP contribution is -2.35. The van der Waals surface area contributed by atoms with E-state index < -0.39 is 11.7 Å². The predicted molar refractivity (Wildman–Crippen MR) is 80.1 cm³/mol. The Hall–Kier alpha value is -1.89. The number of nitrogens with one attached hydrogen (secondary N) is 2. The van der Waals surface area contributed by atoms with Crippen molar-refractivity contribution in [1.29, 1.82) is 0 Å². The van der Waals surface area contributed by atoms with Crippen LogP contribution in [0.3, 0.4) is 0 Å². The van der Waals surface area contributed by atoms with E-state index in [0.717, 1.165) is 5.69 Å². The van der Waals surface area contributed by atoms with E-state index in [2.05, 4.69) is 20.6 Å². The number of nitrogens with zero attached hydrogens (tertiary/aromatic N) is 2. The van der Waals surface area contributed by atoms with Crippen LogP contribution in [0.2, 0.25) is 0 Å². The molecule has 2 N–H and O–H groups in total. The summed E-state index contributed by atoms with van der Waals surface area (Å²) < 4.78 is 10.4. The summed E-state index contributed by atoms with van der Waals surface area (Å²) in [6, 6.07) is 1.82. The number of aromatic nitrogens is 2. The molecule has 0 atom stereocenters. The van der Waals surface area contributed by atoms with Crippen LogP contribution in [0.25, 0.3) is 0 Å². The van der Waals surface area contributed by atoms with Crippen LogP contribution >= 0.6 is 0 Å². The van der Waals surface area contributed by atoms with E-state index in [1.807, 2.05) is 33.8 Å². The van der Waals surface area contributed by atoms with E-state index in [9.17, 15) is 4.79 Å². The van der Waals surface area contributed by atoms with Crippen LogP contribution in [-0.2, 0) is 16.1 Å². The Bertz CT molecular complexity index is 446. The van der Waals surface area contributed by atoms with Gasteiger partial charge in [-0.1, -0.05) is 0 Å². The fourth-order valence-corrected chi connectivity index (χ4v) is 1.45. The van der Waals surface area contributed by atoms with Crippen molar-refractivity contribution >= 4 is 11.9 Å². The second kappa shape index (κ2) is 8.41. The minimum Gasteiger partial charge on any atom is -0.444 e. The molecule has 1 rings (SSSR count). The molecule has 1 amide bonds. The van der Waals surface area contributed by atoms with Gasteiger partial charge in [0, 0.05) is 25.8 Å². The van der Waals surface area contributed by atoms with E-state index in [0.29, 0.717) is 32.1 Å². The third-order valence-electron chi connectivity index (χ3n) is 2.28. The Kier molecular flexibility index (Phi) is 6.87. The fraction of sp³-hybridized carbons (Fsp3) is 0.643. The molecule has 0 unspecified atom stereocenters. The molecule has 0 aliphatic carbocycles. The van der Waals surface area contributed by atoms with Crippen molar-refractivity contribution in [3.8, 4) is 0 Å². The summed E-state index contributed by atoms with van der Waals surface area (Å²) >= 11 is 0. The van der Waals surface area contributed by atoms with Crippen molar-refractivity contribution in [1.82, 2.24) is 15.3 Å². The zero-order valence-electron chi connectivity index (χ0n) is 13.1. The standard InChI is InChI=1S/C14H24N4O3/c1-5-20-9-11-8-12(18-10-17-11)15-6-7-16-13(19)21-14(2,3)4/h8,10H,5-7,9H2,1-4H3,(H,16,19)(H,15,17,18). The molecule has 0 saturated carbocycles. The number of alkyl carbamates (subject to hydrolysis) is 1. The van der Waals surface area contributed by atoms with Gasteiger partial charge in [-0.3, -0.25) is 0 Å². The molecule has 0 aliphatic rings. The maximum absolute atomic E-state index is 11.4. The van der Waals surface area contributed by atoms with E-state index in [4.69, 9.17) is 9.47 Å². The number of carbonyl (C=O) groups is 1. The highest BCUT2D eigenvalue weighted by Crippen LogP contribution is 2.06. The molecule has 7 heteroatoms. The Balaban J connectivity index is 2.28. The second-order valence-electron chi connectivity index (χ2n) is 5.39. The summed E-state index contributed by atoms with van der Waals surface area (Å²) in [6.45, 7) is 9.51. The summed E-state index contributed by atoms with van der Waals surface area (Å²) in [5.41, 5.74) is 0.327. The van der Waals surface area contributed by atoms with Crippen molar-refractivity contribution < 1.29 is 14.3 Å². The Morgan fingerprint density at radius 1 is 1.29 bits per heavy atom. The predicted octanol–water partition coefficient (Wildman–Crippen LogP) is 1.95. The largest absolute Gasteiger partial charge is 0.444 e. The van der Waals surface area contributed by atoms with Crippen LogP contribution in [0.1, 0.15) is 33.4 Å². The topological polar surface area (TPSA) is 85.4 Å². The Morgan fingerprint density at radius 3 is 2.71 bits per heavy atom. The van der Waals surface area contributed by atoms with Crippen LogP contribution in [0.5, 0.6) is 0 Å². The van der Waals surface area contributed by atoms with Gasteiger partial charge in [0.1, 0.15) is 17.7 Å². The van der Waals surface area contributed by atoms with Gasteiger partial charge in [-0.05, 0) is 27.7 Å².